The number of rotatable bonds is 4. The molecule has 0 amide bonds. The molecule has 2 aliphatic rings. The molecule has 0 unspecified atom stereocenters. The van der Waals surface area contributed by atoms with Crippen LogP contribution in [0.5, 0.6) is 0 Å². The lowest BCUT2D eigenvalue weighted by Crippen LogP contribution is -2.54. The third-order valence-corrected chi connectivity index (χ3v) is 7.21. The van der Waals surface area contributed by atoms with Gasteiger partial charge in [-0.05, 0) is 12.1 Å². The lowest BCUT2D eigenvalue weighted by molar-refractivity contribution is 0.0684. The maximum Gasteiger partial charge on any atom is 0.282 e. The van der Waals surface area contributed by atoms with Crippen molar-refractivity contribution in [1.29, 1.82) is 0 Å². The Morgan fingerprint density at radius 3 is 2.27 bits per heavy atom. The maximum absolute atomic E-state index is 12.6. The summed E-state index contributed by atoms with van der Waals surface area (Å²) < 4.78 is 34.3. The second-order valence-electron chi connectivity index (χ2n) is 5.40. The Balaban J connectivity index is 1.54. The van der Waals surface area contributed by atoms with Crippen molar-refractivity contribution in [3.05, 3.63) is 21.3 Å². The van der Waals surface area contributed by atoms with E-state index in [-0.39, 0.29) is 0 Å². The smallest absolute Gasteiger partial charge is 0.282 e. The van der Waals surface area contributed by atoms with Crippen molar-refractivity contribution in [2.75, 3.05) is 52.5 Å². The fourth-order valence-electron chi connectivity index (χ4n) is 2.72. The van der Waals surface area contributed by atoms with Gasteiger partial charge in [0.25, 0.3) is 10.2 Å². The molecule has 0 saturated carbocycles. The Hall–Kier alpha value is -0.220. The van der Waals surface area contributed by atoms with Crippen LogP contribution in [-0.2, 0) is 21.5 Å². The Bertz CT molecular complexity index is 593. The molecule has 2 fully saturated rings. The zero-order chi connectivity index (χ0) is 15.6. The van der Waals surface area contributed by atoms with Crippen LogP contribution in [0.25, 0.3) is 0 Å². The largest absolute Gasteiger partial charge is 0.379 e. The van der Waals surface area contributed by atoms with Crippen molar-refractivity contribution >= 4 is 33.1 Å². The van der Waals surface area contributed by atoms with E-state index in [9.17, 15) is 8.42 Å². The van der Waals surface area contributed by atoms with Crippen molar-refractivity contribution in [3.63, 3.8) is 0 Å². The van der Waals surface area contributed by atoms with Gasteiger partial charge >= 0.3 is 0 Å². The topological polar surface area (TPSA) is 53.1 Å². The quantitative estimate of drug-likeness (QED) is 0.801. The van der Waals surface area contributed by atoms with Gasteiger partial charge in [0, 0.05) is 50.7 Å². The molecule has 0 N–H and O–H groups in total. The third kappa shape index (κ3) is 3.81. The monoisotopic (exact) mass is 365 g/mol. The zero-order valence-electron chi connectivity index (χ0n) is 12.3. The standard InChI is InChI=1S/C13H20ClN3O3S2/c14-13-2-1-12(21-13)11-15-3-5-16(6-4-15)22(18,19)17-7-9-20-10-8-17/h1-2H,3-11H2. The summed E-state index contributed by atoms with van der Waals surface area (Å²) in [5.41, 5.74) is 0. The van der Waals surface area contributed by atoms with Gasteiger partial charge < -0.3 is 4.74 Å². The summed E-state index contributed by atoms with van der Waals surface area (Å²) >= 11 is 7.52. The number of piperazine rings is 1. The van der Waals surface area contributed by atoms with Crippen LogP contribution in [0.15, 0.2) is 12.1 Å². The van der Waals surface area contributed by atoms with Crippen LogP contribution in [-0.4, -0.2) is 74.4 Å². The molecule has 3 rings (SSSR count). The van der Waals surface area contributed by atoms with Gasteiger partial charge in [0.15, 0.2) is 0 Å². The molecule has 22 heavy (non-hydrogen) atoms. The van der Waals surface area contributed by atoms with E-state index in [0.29, 0.717) is 39.4 Å². The minimum atomic E-state index is -3.34. The number of hydrogen-bond donors (Lipinski definition) is 0. The van der Waals surface area contributed by atoms with Crippen molar-refractivity contribution in [2.45, 2.75) is 6.54 Å². The van der Waals surface area contributed by atoms with E-state index in [1.54, 1.807) is 15.6 Å². The second-order valence-corrected chi connectivity index (χ2v) is 9.13. The average molecular weight is 366 g/mol. The summed E-state index contributed by atoms with van der Waals surface area (Å²) in [6, 6.07) is 3.94. The Morgan fingerprint density at radius 1 is 1.05 bits per heavy atom. The number of morpholine rings is 1. The number of thiophene rings is 1. The van der Waals surface area contributed by atoms with Gasteiger partial charge in [0.05, 0.1) is 17.6 Å². The molecule has 0 aromatic carbocycles. The molecule has 124 valence electrons. The molecule has 0 spiro atoms. The minimum Gasteiger partial charge on any atom is -0.379 e. The van der Waals surface area contributed by atoms with E-state index >= 15 is 0 Å². The van der Waals surface area contributed by atoms with Gasteiger partial charge in [-0.1, -0.05) is 11.6 Å². The molecule has 0 bridgehead atoms. The predicted octanol–water partition coefficient (Wildman–Crippen LogP) is 1.10. The van der Waals surface area contributed by atoms with Crippen molar-refractivity contribution in [3.8, 4) is 0 Å². The first-order valence-electron chi connectivity index (χ1n) is 7.35. The SMILES string of the molecule is O=S(=O)(N1CCOCC1)N1CCN(Cc2ccc(Cl)s2)CC1. The number of hydrogen-bond acceptors (Lipinski definition) is 5. The van der Waals surface area contributed by atoms with Crippen LogP contribution < -0.4 is 0 Å². The molecular weight excluding hydrogens is 346 g/mol. The normalized spacial score (nSPS) is 23.0. The highest BCUT2D eigenvalue weighted by atomic mass is 35.5. The molecular formula is C13H20ClN3O3S2. The first-order valence-corrected chi connectivity index (χ1v) is 9.94. The fourth-order valence-corrected chi connectivity index (χ4v) is 5.41. The molecule has 6 nitrogen and oxygen atoms in total. The molecule has 1 aromatic rings. The lowest BCUT2D eigenvalue weighted by atomic mass is 10.3. The highest BCUT2D eigenvalue weighted by Gasteiger charge is 2.33. The number of halogens is 1. The third-order valence-electron chi connectivity index (χ3n) is 3.96. The zero-order valence-corrected chi connectivity index (χ0v) is 14.7. The van der Waals surface area contributed by atoms with Crippen molar-refractivity contribution in [1.82, 2.24) is 13.5 Å². The summed E-state index contributed by atoms with van der Waals surface area (Å²) in [4.78, 5) is 3.49. The Kier molecular flexibility index (Phi) is 5.39. The summed E-state index contributed by atoms with van der Waals surface area (Å²) in [6.07, 6.45) is 0. The molecule has 3 heterocycles. The fraction of sp³-hybridized carbons (Fsp3) is 0.692. The van der Waals surface area contributed by atoms with Crippen LogP contribution in [0, 0.1) is 0 Å². The van der Waals surface area contributed by atoms with Gasteiger partial charge in [-0.3, -0.25) is 4.90 Å². The van der Waals surface area contributed by atoms with E-state index in [4.69, 9.17) is 16.3 Å². The van der Waals surface area contributed by atoms with Crippen molar-refractivity contribution < 1.29 is 13.2 Å². The lowest BCUT2D eigenvalue weighted by Gasteiger charge is -2.37. The van der Waals surface area contributed by atoms with Gasteiger partial charge in [-0.2, -0.15) is 17.0 Å². The Labute approximate surface area is 140 Å². The van der Waals surface area contributed by atoms with Crippen LogP contribution in [0.4, 0.5) is 0 Å². The molecule has 9 heteroatoms. The van der Waals surface area contributed by atoms with E-state index in [1.165, 1.54) is 9.18 Å². The predicted molar refractivity (Wildman–Crippen MR) is 87.5 cm³/mol. The van der Waals surface area contributed by atoms with Crippen LogP contribution >= 0.6 is 22.9 Å². The Morgan fingerprint density at radius 2 is 1.68 bits per heavy atom. The summed E-state index contributed by atoms with van der Waals surface area (Å²) in [5, 5.41) is 0. The van der Waals surface area contributed by atoms with E-state index in [2.05, 4.69) is 4.90 Å². The summed E-state index contributed by atoms with van der Waals surface area (Å²) in [7, 11) is -3.34. The van der Waals surface area contributed by atoms with Crippen molar-refractivity contribution in [2.24, 2.45) is 0 Å². The van der Waals surface area contributed by atoms with Crippen LogP contribution in [0.3, 0.4) is 0 Å². The number of ether oxygens (including phenoxy) is 1. The second kappa shape index (κ2) is 7.12. The van der Waals surface area contributed by atoms with E-state index in [0.717, 1.165) is 24.0 Å². The summed E-state index contributed by atoms with van der Waals surface area (Å²) in [5.74, 6) is 0. The average Bonchev–Trinajstić information content (AvgIpc) is 2.94. The first-order chi connectivity index (χ1) is 10.6. The minimum absolute atomic E-state index is 0.455. The van der Waals surface area contributed by atoms with Gasteiger partial charge in [0.1, 0.15) is 0 Å². The first kappa shape index (κ1) is 16.6. The molecule has 0 radical (unpaired) electrons. The molecule has 0 atom stereocenters. The highest BCUT2D eigenvalue weighted by Crippen LogP contribution is 2.23. The number of nitrogens with zero attached hydrogens (tertiary/aromatic N) is 3. The van der Waals surface area contributed by atoms with Crippen LogP contribution in [0.1, 0.15) is 4.88 Å². The van der Waals surface area contributed by atoms with Gasteiger partial charge in [-0.15, -0.1) is 11.3 Å². The molecule has 2 saturated heterocycles. The highest BCUT2D eigenvalue weighted by molar-refractivity contribution is 7.86. The molecule has 0 aliphatic carbocycles. The van der Waals surface area contributed by atoms with Gasteiger partial charge in [-0.25, -0.2) is 0 Å². The van der Waals surface area contributed by atoms with Gasteiger partial charge in [0.2, 0.25) is 0 Å². The molecule has 2 aliphatic heterocycles. The van der Waals surface area contributed by atoms with E-state index in [1.807, 2.05) is 12.1 Å². The molecule has 1 aromatic heterocycles. The van der Waals surface area contributed by atoms with E-state index < -0.39 is 10.2 Å². The van der Waals surface area contributed by atoms with Crippen LogP contribution in [0.2, 0.25) is 4.34 Å². The summed E-state index contributed by atoms with van der Waals surface area (Å²) in [6.45, 7) is 5.29. The maximum atomic E-state index is 12.6.